The second kappa shape index (κ2) is 5.74. The number of hydrogen-bond donors (Lipinski definition) is 0. The Morgan fingerprint density at radius 3 is 2.70 bits per heavy atom. The van der Waals surface area contributed by atoms with Crippen LogP contribution in [-0.2, 0) is 7.05 Å². The van der Waals surface area contributed by atoms with Gasteiger partial charge in [-0.3, -0.25) is 4.98 Å². The third kappa shape index (κ3) is 2.47. The molecule has 1 aliphatic rings. The Morgan fingerprint density at radius 1 is 1.15 bits per heavy atom. The summed E-state index contributed by atoms with van der Waals surface area (Å²) in [4.78, 5) is 4.23. The van der Waals surface area contributed by atoms with Crippen molar-refractivity contribution < 1.29 is 4.57 Å². The van der Waals surface area contributed by atoms with E-state index in [2.05, 4.69) is 47.9 Å². The van der Waals surface area contributed by atoms with E-state index in [1.807, 2.05) is 12.4 Å². The van der Waals surface area contributed by atoms with Crippen molar-refractivity contribution in [3.63, 3.8) is 0 Å². The van der Waals surface area contributed by atoms with Gasteiger partial charge in [-0.05, 0) is 43.4 Å². The standard InChI is InChI=1S/C18H23N2/c1-14-13-19-11-10-16(14)18-17(9-6-12-20(18)2)15-7-4-3-5-8-15/h6,9-13,15H,3-5,7-8H2,1-2H3/q+1. The van der Waals surface area contributed by atoms with Gasteiger partial charge in [0, 0.05) is 24.0 Å². The molecule has 3 rings (SSSR count). The largest absolute Gasteiger partial charge is 0.264 e. The van der Waals surface area contributed by atoms with Gasteiger partial charge in [-0.15, -0.1) is 0 Å². The molecule has 0 spiro atoms. The van der Waals surface area contributed by atoms with Crippen LogP contribution in [0.1, 0.15) is 49.1 Å². The number of pyridine rings is 2. The lowest BCUT2D eigenvalue weighted by Crippen LogP contribution is -2.32. The molecular weight excluding hydrogens is 244 g/mol. The molecule has 2 nitrogen and oxygen atoms in total. The molecule has 2 heterocycles. The molecule has 0 amide bonds. The zero-order valence-electron chi connectivity index (χ0n) is 12.5. The summed E-state index contributed by atoms with van der Waals surface area (Å²) in [5.74, 6) is 0.721. The fourth-order valence-corrected chi connectivity index (χ4v) is 3.46. The molecule has 0 bridgehead atoms. The maximum absolute atomic E-state index is 4.23. The highest BCUT2D eigenvalue weighted by Crippen LogP contribution is 2.36. The number of nitrogens with zero attached hydrogens (tertiary/aromatic N) is 2. The Balaban J connectivity index is 2.12. The average molecular weight is 267 g/mol. The van der Waals surface area contributed by atoms with Crippen LogP contribution in [0.15, 0.2) is 36.8 Å². The minimum atomic E-state index is 0.721. The first-order valence-corrected chi connectivity index (χ1v) is 7.67. The van der Waals surface area contributed by atoms with E-state index >= 15 is 0 Å². The maximum atomic E-state index is 4.23. The molecular formula is C18H23N2+. The van der Waals surface area contributed by atoms with E-state index in [0.29, 0.717) is 0 Å². The number of hydrogen-bond acceptors (Lipinski definition) is 1. The van der Waals surface area contributed by atoms with E-state index < -0.39 is 0 Å². The number of rotatable bonds is 2. The lowest BCUT2D eigenvalue weighted by molar-refractivity contribution is -0.660. The Hall–Kier alpha value is -1.70. The molecule has 0 unspecified atom stereocenters. The van der Waals surface area contributed by atoms with Crippen molar-refractivity contribution in [1.29, 1.82) is 0 Å². The lowest BCUT2D eigenvalue weighted by atomic mass is 9.82. The van der Waals surface area contributed by atoms with Gasteiger partial charge in [-0.25, -0.2) is 4.57 Å². The van der Waals surface area contributed by atoms with E-state index in [1.165, 1.54) is 54.5 Å². The topological polar surface area (TPSA) is 16.8 Å². The first-order valence-electron chi connectivity index (χ1n) is 7.67. The molecule has 2 heteroatoms. The van der Waals surface area contributed by atoms with E-state index in [4.69, 9.17) is 0 Å². The summed E-state index contributed by atoms with van der Waals surface area (Å²) < 4.78 is 2.27. The van der Waals surface area contributed by atoms with Crippen LogP contribution in [-0.4, -0.2) is 4.98 Å². The predicted octanol–water partition coefficient (Wildman–Crippen LogP) is 3.93. The van der Waals surface area contributed by atoms with E-state index in [9.17, 15) is 0 Å². The quantitative estimate of drug-likeness (QED) is 0.753. The van der Waals surface area contributed by atoms with Crippen molar-refractivity contribution in [2.75, 3.05) is 0 Å². The first-order chi connectivity index (χ1) is 9.77. The van der Waals surface area contributed by atoms with Gasteiger partial charge >= 0.3 is 0 Å². The van der Waals surface area contributed by atoms with Crippen LogP contribution < -0.4 is 4.57 Å². The molecule has 2 aromatic rings. The van der Waals surface area contributed by atoms with Crippen LogP contribution in [0.4, 0.5) is 0 Å². The highest BCUT2D eigenvalue weighted by Gasteiger charge is 2.25. The monoisotopic (exact) mass is 267 g/mol. The molecule has 0 aromatic carbocycles. The molecule has 1 fully saturated rings. The van der Waals surface area contributed by atoms with Gasteiger partial charge in [0.2, 0.25) is 5.69 Å². The molecule has 0 N–H and O–H groups in total. The van der Waals surface area contributed by atoms with Crippen LogP contribution in [0.5, 0.6) is 0 Å². The summed E-state index contributed by atoms with van der Waals surface area (Å²) in [5.41, 5.74) is 5.47. The van der Waals surface area contributed by atoms with E-state index in [1.54, 1.807) is 0 Å². The van der Waals surface area contributed by atoms with Crippen LogP contribution in [0, 0.1) is 6.92 Å². The van der Waals surface area contributed by atoms with Crippen LogP contribution in [0.25, 0.3) is 11.3 Å². The Morgan fingerprint density at radius 2 is 1.95 bits per heavy atom. The number of aromatic nitrogens is 2. The summed E-state index contributed by atoms with van der Waals surface area (Å²) in [7, 11) is 2.15. The summed E-state index contributed by atoms with van der Waals surface area (Å²) >= 11 is 0. The molecule has 1 saturated carbocycles. The molecule has 104 valence electrons. The minimum Gasteiger partial charge on any atom is -0.264 e. The molecule has 0 radical (unpaired) electrons. The van der Waals surface area contributed by atoms with Crippen LogP contribution in [0.3, 0.4) is 0 Å². The predicted molar refractivity (Wildman–Crippen MR) is 81.4 cm³/mol. The molecule has 0 atom stereocenters. The van der Waals surface area contributed by atoms with Crippen LogP contribution in [0.2, 0.25) is 0 Å². The van der Waals surface area contributed by atoms with E-state index in [-0.39, 0.29) is 0 Å². The van der Waals surface area contributed by atoms with Crippen molar-refractivity contribution in [1.82, 2.24) is 4.98 Å². The highest BCUT2D eigenvalue weighted by molar-refractivity contribution is 5.64. The van der Waals surface area contributed by atoms with Gasteiger partial charge in [-0.2, -0.15) is 0 Å². The van der Waals surface area contributed by atoms with Gasteiger partial charge in [0.15, 0.2) is 6.20 Å². The summed E-state index contributed by atoms with van der Waals surface area (Å²) in [6.07, 6.45) is 12.8. The highest BCUT2D eigenvalue weighted by atomic mass is 14.9. The van der Waals surface area contributed by atoms with Crippen molar-refractivity contribution in [3.8, 4) is 11.3 Å². The maximum Gasteiger partial charge on any atom is 0.216 e. The molecule has 2 aromatic heterocycles. The van der Waals surface area contributed by atoms with E-state index in [0.717, 1.165) is 5.92 Å². The lowest BCUT2D eigenvalue weighted by Gasteiger charge is -2.23. The fraction of sp³-hybridized carbons (Fsp3) is 0.444. The smallest absolute Gasteiger partial charge is 0.216 e. The molecule has 0 saturated heterocycles. The van der Waals surface area contributed by atoms with Gasteiger partial charge in [0.1, 0.15) is 7.05 Å². The summed E-state index contributed by atoms with van der Waals surface area (Å²) in [5, 5.41) is 0. The fourth-order valence-electron chi connectivity index (χ4n) is 3.46. The van der Waals surface area contributed by atoms with Crippen molar-refractivity contribution >= 4 is 0 Å². The summed E-state index contributed by atoms with van der Waals surface area (Å²) in [6.45, 7) is 2.15. The molecule has 20 heavy (non-hydrogen) atoms. The second-order valence-corrected chi connectivity index (χ2v) is 5.95. The normalized spacial score (nSPS) is 16.3. The molecule has 0 aliphatic heterocycles. The van der Waals surface area contributed by atoms with Crippen molar-refractivity contribution in [2.24, 2.45) is 7.05 Å². The Labute approximate surface area is 121 Å². The van der Waals surface area contributed by atoms with Crippen molar-refractivity contribution in [2.45, 2.75) is 44.9 Å². The zero-order chi connectivity index (χ0) is 13.9. The van der Waals surface area contributed by atoms with Gasteiger partial charge in [0.05, 0.1) is 5.56 Å². The molecule has 1 aliphatic carbocycles. The van der Waals surface area contributed by atoms with Gasteiger partial charge in [-0.1, -0.05) is 19.3 Å². The first kappa shape index (κ1) is 13.3. The third-order valence-corrected chi connectivity index (χ3v) is 4.53. The Kier molecular flexibility index (Phi) is 3.81. The summed E-state index contributed by atoms with van der Waals surface area (Å²) in [6, 6.07) is 6.66. The minimum absolute atomic E-state index is 0.721. The third-order valence-electron chi connectivity index (χ3n) is 4.53. The van der Waals surface area contributed by atoms with Gasteiger partial charge < -0.3 is 0 Å². The Bertz CT molecular complexity index is 598. The van der Waals surface area contributed by atoms with Crippen molar-refractivity contribution in [3.05, 3.63) is 47.9 Å². The SMILES string of the molecule is Cc1cnccc1-c1c(C2CCCCC2)ccc[n+]1C. The zero-order valence-corrected chi connectivity index (χ0v) is 12.5. The number of aryl methyl sites for hydroxylation is 2. The van der Waals surface area contributed by atoms with Gasteiger partial charge in [0.25, 0.3) is 0 Å². The van der Waals surface area contributed by atoms with Crippen LogP contribution >= 0.6 is 0 Å². The second-order valence-electron chi connectivity index (χ2n) is 5.95. The average Bonchev–Trinajstić information content (AvgIpc) is 2.49.